The Balaban J connectivity index is 3.34. The maximum atomic E-state index is 12.4. The highest BCUT2D eigenvalue weighted by atomic mass is 79.9. The summed E-state index contributed by atoms with van der Waals surface area (Å²) in [5, 5.41) is 10.4. The van der Waals surface area contributed by atoms with Crippen LogP contribution >= 0.6 is 15.9 Å². The van der Waals surface area contributed by atoms with Crippen LogP contribution in [0.1, 0.15) is 0 Å². The van der Waals surface area contributed by atoms with Gasteiger partial charge >= 0.3 is 0 Å². The Kier molecular flexibility index (Phi) is 1.89. The highest BCUT2D eigenvalue weighted by Crippen LogP contribution is 2.22. The molecular weight excluding hydrogens is 206 g/mol. The van der Waals surface area contributed by atoms with Crippen LogP contribution in [-0.2, 0) is 0 Å². The van der Waals surface area contributed by atoms with Gasteiger partial charge < -0.3 is 5.11 Å². The molecule has 0 fully saturated rings. The van der Waals surface area contributed by atoms with E-state index in [9.17, 15) is 13.9 Å². The van der Waals surface area contributed by atoms with Gasteiger partial charge in [-0.25, -0.2) is 8.78 Å². The summed E-state index contributed by atoms with van der Waals surface area (Å²) in [6.07, 6.45) is 0. The van der Waals surface area contributed by atoms with Crippen LogP contribution in [0.2, 0.25) is 0 Å². The van der Waals surface area contributed by atoms with Crippen molar-refractivity contribution in [1.29, 1.82) is 0 Å². The first-order chi connectivity index (χ1) is 4.63. The van der Waals surface area contributed by atoms with E-state index < -0.39 is 17.4 Å². The molecule has 0 bridgehead atoms. The smallest absolute Gasteiger partial charge is 0.172 e. The van der Waals surface area contributed by atoms with E-state index in [1.165, 1.54) is 6.07 Å². The summed E-state index contributed by atoms with van der Waals surface area (Å²) in [4.78, 5) is 0. The van der Waals surface area contributed by atoms with Crippen LogP contribution in [-0.4, -0.2) is 0 Å². The molecule has 0 aliphatic heterocycles. The molecule has 1 aromatic carbocycles. The summed E-state index contributed by atoms with van der Waals surface area (Å²) < 4.78 is 24.6. The van der Waals surface area contributed by atoms with E-state index in [-0.39, 0.29) is 4.47 Å². The maximum Gasteiger partial charge on any atom is 0.172 e. The van der Waals surface area contributed by atoms with Gasteiger partial charge in [-0.2, -0.15) is 0 Å². The van der Waals surface area contributed by atoms with E-state index in [1.807, 2.05) is 0 Å². The quantitative estimate of drug-likeness (QED) is 0.596. The van der Waals surface area contributed by atoms with E-state index in [4.69, 9.17) is 0 Å². The predicted octanol–water partition coefficient (Wildman–Crippen LogP) is 1.80. The number of benzene rings is 1. The fraction of sp³-hybridized carbons (Fsp3) is 0. The lowest BCUT2D eigenvalue weighted by atomic mass is 10.3. The molecule has 4 heteroatoms. The van der Waals surface area contributed by atoms with Crippen molar-refractivity contribution < 1.29 is 13.9 Å². The monoisotopic (exact) mass is 207 g/mol. The van der Waals surface area contributed by atoms with Crippen LogP contribution in [0.3, 0.4) is 0 Å². The van der Waals surface area contributed by atoms with Crippen LogP contribution in [0.25, 0.3) is 0 Å². The Morgan fingerprint density at radius 1 is 1.20 bits per heavy atom. The van der Waals surface area contributed by atoms with E-state index in [0.717, 1.165) is 6.07 Å². The van der Waals surface area contributed by atoms with Crippen LogP contribution in [0.5, 0.6) is 5.75 Å². The Morgan fingerprint density at radius 3 is 2.30 bits per heavy atom. The Hall–Kier alpha value is -0.640. The van der Waals surface area contributed by atoms with Gasteiger partial charge in [0.15, 0.2) is 11.6 Å². The van der Waals surface area contributed by atoms with E-state index in [1.54, 1.807) is 0 Å². The van der Waals surface area contributed by atoms with Crippen molar-refractivity contribution in [1.82, 2.24) is 0 Å². The zero-order chi connectivity index (χ0) is 7.72. The number of halogens is 3. The van der Waals surface area contributed by atoms with Crippen molar-refractivity contribution in [2.24, 2.45) is 0 Å². The molecule has 0 N–H and O–H groups in total. The lowest BCUT2D eigenvalue weighted by Gasteiger charge is -2.06. The average molecular weight is 208 g/mol. The molecule has 0 heterocycles. The van der Waals surface area contributed by atoms with Crippen molar-refractivity contribution in [2.75, 3.05) is 0 Å². The van der Waals surface area contributed by atoms with Crippen LogP contribution in [0, 0.1) is 11.6 Å². The third kappa shape index (κ3) is 1.11. The Labute approximate surface area is 64.4 Å². The summed E-state index contributed by atoms with van der Waals surface area (Å²) in [6.45, 7) is 0. The highest BCUT2D eigenvalue weighted by Gasteiger charge is 2.04. The number of rotatable bonds is 0. The van der Waals surface area contributed by atoms with E-state index in [0.29, 0.717) is 0 Å². The van der Waals surface area contributed by atoms with E-state index in [2.05, 4.69) is 15.9 Å². The van der Waals surface area contributed by atoms with E-state index >= 15 is 0 Å². The zero-order valence-corrected chi connectivity index (χ0v) is 6.28. The molecule has 0 atom stereocenters. The molecule has 54 valence electrons. The summed E-state index contributed by atoms with van der Waals surface area (Å²) >= 11 is 2.73. The summed E-state index contributed by atoms with van der Waals surface area (Å²) in [7, 11) is 0. The SMILES string of the molecule is [O-]c1ccc(Br)c(F)c1F. The molecule has 0 saturated carbocycles. The fourth-order valence-corrected chi connectivity index (χ4v) is 0.814. The zero-order valence-electron chi connectivity index (χ0n) is 4.70. The summed E-state index contributed by atoms with van der Waals surface area (Å²) in [6, 6.07) is 2.13. The van der Waals surface area contributed by atoms with Crippen LogP contribution in [0.15, 0.2) is 16.6 Å². The van der Waals surface area contributed by atoms with Gasteiger partial charge in [-0.1, -0.05) is 11.8 Å². The molecule has 0 aromatic heterocycles. The van der Waals surface area contributed by atoms with Gasteiger partial charge in [0.1, 0.15) is 0 Å². The topological polar surface area (TPSA) is 23.1 Å². The van der Waals surface area contributed by atoms with Crippen molar-refractivity contribution in [3.05, 3.63) is 28.2 Å². The fourth-order valence-electron chi connectivity index (χ4n) is 0.508. The molecule has 1 rings (SSSR count). The molecule has 0 aliphatic rings. The van der Waals surface area contributed by atoms with Gasteiger partial charge in [0.05, 0.1) is 4.47 Å². The molecule has 0 radical (unpaired) electrons. The normalized spacial score (nSPS) is 9.90. The largest absolute Gasteiger partial charge is 0.870 e. The third-order valence-electron chi connectivity index (χ3n) is 1.000. The van der Waals surface area contributed by atoms with Gasteiger partial charge in [-0.15, -0.1) is 0 Å². The molecule has 10 heavy (non-hydrogen) atoms. The van der Waals surface area contributed by atoms with Gasteiger partial charge in [0.2, 0.25) is 0 Å². The predicted molar refractivity (Wildman–Crippen MR) is 33.5 cm³/mol. The van der Waals surface area contributed by atoms with Gasteiger partial charge in [-0.3, -0.25) is 0 Å². The third-order valence-corrected chi connectivity index (χ3v) is 1.61. The van der Waals surface area contributed by atoms with Crippen molar-refractivity contribution in [2.45, 2.75) is 0 Å². The average Bonchev–Trinajstić information content (AvgIpc) is 1.93. The number of hydrogen-bond acceptors (Lipinski definition) is 1. The number of hydrogen-bond donors (Lipinski definition) is 0. The molecule has 0 unspecified atom stereocenters. The molecule has 0 amide bonds. The van der Waals surface area contributed by atoms with Gasteiger partial charge in [-0.05, 0) is 22.0 Å². The van der Waals surface area contributed by atoms with Gasteiger partial charge in [0.25, 0.3) is 0 Å². The lowest BCUT2D eigenvalue weighted by Crippen LogP contribution is -1.96. The second-order valence-electron chi connectivity index (χ2n) is 1.67. The van der Waals surface area contributed by atoms with Crippen molar-refractivity contribution >= 4 is 15.9 Å². The molecule has 0 saturated heterocycles. The standard InChI is InChI=1S/C6H3BrF2O/c7-3-1-2-4(10)6(9)5(3)8/h1-2,10H/p-1. The first-order valence-corrected chi connectivity index (χ1v) is 3.22. The van der Waals surface area contributed by atoms with Crippen molar-refractivity contribution in [3.63, 3.8) is 0 Å². The summed E-state index contributed by atoms with van der Waals surface area (Å²) in [5.41, 5.74) is 0. The Bertz CT molecular complexity index is 235. The molecule has 1 aromatic rings. The molecule has 1 nitrogen and oxygen atoms in total. The first kappa shape index (κ1) is 7.47. The first-order valence-electron chi connectivity index (χ1n) is 2.43. The minimum atomic E-state index is -1.34. The highest BCUT2D eigenvalue weighted by molar-refractivity contribution is 9.10. The molecule has 0 spiro atoms. The Morgan fingerprint density at radius 2 is 1.80 bits per heavy atom. The lowest BCUT2D eigenvalue weighted by molar-refractivity contribution is -0.273. The van der Waals surface area contributed by atoms with Crippen LogP contribution < -0.4 is 5.11 Å². The molecule has 0 aliphatic carbocycles. The maximum absolute atomic E-state index is 12.4. The minimum Gasteiger partial charge on any atom is -0.870 e. The minimum absolute atomic E-state index is 0.0374. The summed E-state index contributed by atoms with van der Waals surface area (Å²) in [5.74, 6) is -3.40. The molecular formula is C6H2BrF2O-. The van der Waals surface area contributed by atoms with Gasteiger partial charge in [0, 0.05) is 0 Å². The second-order valence-corrected chi connectivity index (χ2v) is 2.53. The van der Waals surface area contributed by atoms with Crippen molar-refractivity contribution in [3.8, 4) is 5.75 Å². The van der Waals surface area contributed by atoms with Crippen LogP contribution in [0.4, 0.5) is 8.78 Å². The second kappa shape index (κ2) is 2.54.